The van der Waals surface area contributed by atoms with E-state index in [1.165, 1.54) is 0 Å². The van der Waals surface area contributed by atoms with E-state index in [1.54, 1.807) is 18.0 Å². The van der Waals surface area contributed by atoms with E-state index in [-0.39, 0.29) is 0 Å². The van der Waals surface area contributed by atoms with Crippen molar-refractivity contribution in [3.63, 3.8) is 0 Å². The number of hydrogen-bond acceptors (Lipinski definition) is 2. The van der Waals surface area contributed by atoms with Crippen molar-refractivity contribution in [1.29, 1.82) is 0 Å². The number of ether oxygens (including phenoxy) is 1. The van der Waals surface area contributed by atoms with E-state index in [1.807, 2.05) is 0 Å². The molecule has 0 aliphatic heterocycles. The third kappa shape index (κ3) is 1.42. The number of rotatable bonds is 3. The Morgan fingerprint density at radius 2 is 2.50 bits per heavy atom. The molecular weight excluding hydrogens is 152 g/mol. The lowest BCUT2D eigenvalue weighted by atomic mass is 10.4. The quantitative estimate of drug-likeness (QED) is 0.629. The third-order valence-electron chi connectivity index (χ3n) is 1.60. The highest BCUT2D eigenvalue weighted by molar-refractivity contribution is 5.38. The minimum absolute atomic E-state index is 0.672. The monoisotopic (exact) mass is 164 g/mol. The van der Waals surface area contributed by atoms with Crippen LogP contribution < -0.4 is 4.74 Å². The van der Waals surface area contributed by atoms with E-state index >= 15 is 0 Å². The van der Waals surface area contributed by atoms with Gasteiger partial charge in [0.05, 0.1) is 13.3 Å². The molecule has 0 aromatic carbocycles. The van der Waals surface area contributed by atoms with Crippen molar-refractivity contribution in [2.24, 2.45) is 0 Å². The minimum atomic E-state index is 0.672. The molecule has 0 fully saturated rings. The maximum atomic E-state index is 5.31. The molecule has 1 aromatic rings. The van der Waals surface area contributed by atoms with Crippen LogP contribution in [0.15, 0.2) is 6.20 Å². The van der Waals surface area contributed by atoms with Crippen molar-refractivity contribution in [3.05, 3.63) is 11.9 Å². The Morgan fingerprint density at radius 3 is 3.00 bits per heavy atom. The zero-order valence-corrected chi connectivity index (χ0v) is 7.37. The molecule has 0 atom stereocenters. The van der Waals surface area contributed by atoms with E-state index in [0.717, 1.165) is 18.7 Å². The molecule has 3 heteroatoms. The lowest BCUT2D eigenvalue weighted by Gasteiger charge is -2.00. The van der Waals surface area contributed by atoms with Gasteiger partial charge in [-0.25, -0.2) is 0 Å². The number of methoxy groups -OCH3 is 1. The second kappa shape index (κ2) is 3.82. The minimum Gasteiger partial charge on any atom is -0.492 e. The summed E-state index contributed by atoms with van der Waals surface area (Å²) < 4.78 is 6.81. The van der Waals surface area contributed by atoms with E-state index in [9.17, 15) is 0 Å². The van der Waals surface area contributed by atoms with Gasteiger partial charge in [-0.15, -0.1) is 6.42 Å². The summed E-state index contributed by atoms with van der Waals surface area (Å²) in [5.41, 5.74) is 0.722. The van der Waals surface area contributed by atoms with E-state index in [4.69, 9.17) is 11.2 Å². The predicted octanol–water partition coefficient (Wildman–Crippen LogP) is 1.28. The van der Waals surface area contributed by atoms with Gasteiger partial charge in [0, 0.05) is 6.54 Å². The Hall–Kier alpha value is -1.43. The molecule has 0 amide bonds. The van der Waals surface area contributed by atoms with Crippen LogP contribution in [0.5, 0.6) is 5.75 Å². The molecule has 1 heterocycles. The molecular formula is C9H12N2O. The molecule has 0 radical (unpaired) electrons. The molecule has 0 spiro atoms. The highest BCUT2D eigenvalue weighted by Crippen LogP contribution is 2.15. The molecule has 0 N–H and O–H groups in total. The van der Waals surface area contributed by atoms with Gasteiger partial charge in [-0.1, -0.05) is 6.92 Å². The number of aryl methyl sites for hydroxylation is 1. The lowest BCUT2D eigenvalue weighted by Crippen LogP contribution is -2.01. The summed E-state index contributed by atoms with van der Waals surface area (Å²) in [7, 11) is 1.59. The van der Waals surface area contributed by atoms with Gasteiger partial charge in [-0.05, 0) is 12.3 Å². The highest BCUT2D eigenvalue weighted by Gasteiger charge is 2.06. The van der Waals surface area contributed by atoms with Crippen LogP contribution >= 0.6 is 0 Å². The molecule has 3 nitrogen and oxygen atoms in total. The number of nitrogens with zero attached hydrogens (tertiary/aromatic N) is 2. The van der Waals surface area contributed by atoms with Crippen LogP contribution in [0.4, 0.5) is 0 Å². The van der Waals surface area contributed by atoms with Crippen LogP contribution in [-0.2, 0) is 6.54 Å². The molecule has 0 aliphatic rings. The lowest BCUT2D eigenvalue weighted by molar-refractivity contribution is 0.412. The molecule has 0 unspecified atom stereocenters. The summed E-state index contributed by atoms with van der Waals surface area (Å²) in [4.78, 5) is 0. The Kier molecular flexibility index (Phi) is 2.76. The van der Waals surface area contributed by atoms with Gasteiger partial charge >= 0.3 is 0 Å². The molecule has 64 valence electrons. The molecule has 12 heavy (non-hydrogen) atoms. The summed E-state index contributed by atoms with van der Waals surface area (Å²) in [5.74, 6) is 3.23. The van der Waals surface area contributed by atoms with Crippen molar-refractivity contribution in [1.82, 2.24) is 9.78 Å². The Morgan fingerprint density at radius 1 is 1.75 bits per heavy atom. The normalized spacial score (nSPS) is 9.42. The summed E-state index contributed by atoms with van der Waals surface area (Å²) in [6, 6.07) is 0. The van der Waals surface area contributed by atoms with Crippen LogP contribution in [0.3, 0.4) is 0 Å². The first-order valence-corrected chi connectivity index (χ1v) is 3.89. The van der Waals surface area contributed by atoms with Crippen molar-refractivity contribution in [2.75, 3.05) is 7.11 Å². The van der Waals surface area contributed by atoms with Crippen molar-refractivity contribution in [2.45, 2.75) is 19.9 Å². The second-order valence-corrected chi connectivity index (χ2v) is 2.43. The largest absolute Gasteiger partial charge is 0.492 e. The maximum absolute atomic E-state index is 5.31. The summed E-state index contributed by atoms with van der Waals surface area (Å²) in [5, 5.41) is 4.10. The van der Waals surface area contributed by atoms with Gasteiger partial charge in [-0.2, -0.15) is 5.10 Å². The number of hydrogen-bond donors (Lipinski definition) is 0. The molecule has 0 aliphatic carbocycles. The molecule has 1 aromatic heterocycles. The second-order valence-electron chi connectivity index (χ2n) is 2.43. The Labute approximate surface area is 72.3 Å². The summed E-state index contributed by atoms with van der Waals surface area (Å²) in [6.45, 7) is 2.91. The van der Waals surface area contributed by atoms with E-state index < -0.39 is 0 Å². The fourth-order valence-corrected chi connectivity index (χ4v) is 1.04. The first-order valence-electron chi connectivity index (χ1n) is 3.89. The predicted molar refractivity (Wildman–Crippen MR) is 47.0 cm³/mol. The standard InChI is InChI=1S/C9H12N2O/c1-4-6-11-8(5-2)9(12-3)7-10-11/h2,7H,4,6H2,1,3H3. The highest BCUT2D eigenvalue weighted by atomic mass is 16.5. The topological polar surface area (TPSA) is 27.1 Å². The van der Waals surface area contributed by atoms with Gasteiger partial charge in [0.25, 0.3) is 0 Å². The van der Waals surface area contributed by atoms with E-state index in [2.05, 4.69) is 17.9 Å². The molecule has 1 rings (SSSR count). The summed E-state index contributed by atoms with van der Waals surface area (Å²) >= 11 is 0. The Balaban J connectivity index is 2.99. The average Bonchev–Trinajstić information content (AvgIpc) is 2.47. The van der Waals surface area contributed by atoms with Crippen LogP contribution in [-0.4, -0.2) is 16.9 Å². The van der Waals surface area contributed by atoms with Crippen LogP contribution in [0.1, 0.15) is 19.0 Å². The maximum Gasteiger partial charge on any atom is 0.172 e. The molecule has 0 saturated heterocycles. The average molecular weight is 164 g/mol. The van der Waals surface area contributed by atoms with Crippen LogP contribution in [0.2, 0.25) is 0 Å². The van der Waals surface area contributed by atoms with Gasteiger partial charge in [0.1, 0.15) is 0 Å². The molecule has 0 saturated carbocycles. The van der Waals surface area contributed by atoms with Crippen molar-refractivity contribution >= 4 is 0 Å². The van der Waals surface area contributed by atoms with Gasteiger partial charge in [0.2, 0.25) is 0 Å². The zero-order chi connectivity index (χ0) is 8.97. The van der Waals surface area contributed by atoms with Gasteiger partial charge < -0.3 is 4.74 Å². The number of terminal acetylenes is 1. The van der Waals surface area contributed by atoms with Crippen molar-refractivity contribution in [3.8, 4) is 18.1 Å². The first-order chi connectivity index (χ1) is 5.83. The van der Waals surface area contributed by atoms with Gasteiger partial charge in [0.15, 0.2) is 11.4 Å². The van der Waals surface area contributed by atoms with Crippen molar-refractivity contribution < 1.29 is 4.74 Å². The third-order valence-corrected chi connectivity index (χ3v) is 1.60. The van der Waals surface area contributed by atoms with Crippen LogP contribution in [0.25, 0.3) is 0 Å². The fraction of sp³-hybridized carbons (Fsp3) is 0.444. The Bertz CT molecular complexity index is 296. The smallest absolute Gasteiger partial charge is 0.172 e. The molecule has 0 bridgehead atoms. The summed E-state index contributed by atoms with van der Waals surface area (Å²) in [6.07, 6.45) is 7.97. The number of aromatic nitrogens is 2. The SMILES string of the molecule is C#Cc1c(OC)cnn1CCC. The first kappa shape index (κ1) is 8.66. The van der Waals surface area contributed by atoms with E-state index in [0.29, 0.717) is 5.75 Å². The fourth-order valence-electron chi connectivity index (χ4n) is 1.04. The van der Waals surface area contributed by atoms with Crippen LogP contribution in [0, 0.1) is 12.3 Å². The van der Waals surface area contributed by atoms with Gasteiger partial charge in [-0.3, -0.25) is 4.68 Å². The zero-order valence-electron chi connectivity index (χ0n) is 7.37.